The SMILES string of the molecule is C.C.C=C=C=C=C=C.C=Cc1ccc(OC(C)=O)cc1.CC(=O)Oc1ccc(/C=C/c2cc(O)cc(O)c2)cc1.CC(=O)Oc1ccc(/C=C/c2cc(OP)cc(OPP)c2)cc1.CC(=O)c1cc(OP)cc(OPP)c1.O=C(O)c1cc(O)cc(O)c1.O=C(O)c1cc(O)cc(OP)c1.O=C(O)c1cc(OP)cc(OPP)c1.[B]B([B])B([B])[B]. The van der Waals surface area contributed by atoms with Crippen molar-refractivity contribution < 1.29 is 120 Å². The molecule has 8 radical (unpaired) electrons. The third-order valence-corrected chi connectivity index (χ3v) is 16.1. The predicted octanol–water partition coefficient (Wildman–Crippen LogP) is 17.8. The van der Waals surface area contributed by atoms with E-state index in [0.717, 1.165) is 52.3 Å². The van der Waals surface area contributed by atoms with Gasteiger partial charge < -0.3 is 86.7 Å². The summed E-state index contributed by atoms with van der Waals surface area (Å²) < 4.78 is 50.5. The number of aromatic carboxylic acids is 3. The van der Waals surface area contributed by atoms with Gasteiger partial charge >= 0.3 is 35.8 Å². The molecule has 10 atom stereocenters. The van der Waals surface area contributed by atoms with Crippen molar-refractivity contribution in [2.45, 2.75) is 42.5 Å². The molecule has 0 fully saturated rings. The summed E-state index contributed by atoms with van der Waals surface area (Å²) in [5.74, 6) is 0.566. The summed E-state index contributed by atoms with van der Waals surface area (Å²) >= 11 is 0. The van der Waals surface area contributed by atoms with Crippen LogP contribution >= 0.6 is 90.1 Å². The average Bonchev–Trinajstić information content (AvgIpc) is 0.873. The smallest absolute Gasteiger partial charge is 0.335 e. The Kier molecular flexibility index (Phi) is 59.5. The van der Waals surface area contributed by atoms with Crippen molar-refractivity contribution in [1.82, 2.24) is 0 Å². The zero-order valence-electron chi connectivity index (χ0n) is 63.4. The van der Waals surface area contributed by atoms with E-state index in [1.165, 1.54) is 58.0 Å². The Balaban J connectivity index is 0. The summed E-state index contributed by atoms with van der Waals surface area (Å²) in [5, 5.41) is 71.1. The molecule has 0 bridgehead atoms. The Morgan fingerprint density at radius 2 is 0.600 bits per heavy atom. The molecule has 25 nitrogen and oxygen atoms in total. The summed E-state index contributed by atoms with van der Waals surface area (Å²) in [6, 6.07) is 48.0. The van der Waals surface area contributed by atoms with Crippen molar-refractivity contribution in [2.75, 3.05) is 0 Å². The van der Waals surface area contributed by atoms with E-state index >= 15 is 0 Å². The molecule has 0 saturated carbocycles. The number of hydrogen-bond acceptors (Lipinski definition) is 22. The molecule has 0 spiro atoms. The number of carboxylic acid groups (broad SMARTS) is 3. The number of ether oxygens (including phenoxy) is 3. The molecule has 0 aliphatic rings. The summed E-state index contributed by atoms with van der Waals surface area (Å²) in [6.07, 6.45) is 8.07. The first kappa shape index (κ1) is 112. The first-order valence-electron chi connectivity index (χ1n) is 32.8. The van der Waals surface area contributed by atoms with Gasteiger partial charge in [-0.3, -0.25) is 19.2 Å². The lowest BCUT2D eigenvalue weighted by Gasteiger charge is -2.07. The lowest BCUT2D eigenvalue weighted by atomic mass is 8.81. The molecule has 9 aromatic carbocycles. The molecule has 0 aliphatic heterocycles. The largest absolute Gasteiger partial charge is 0.508 e. The fourth-order valence-corrected chi connectivity index (χ4v) is 10.4. The lowest BCUT2D eigenvalue weighted by Crippen LogP contribution is -2.38. The highest BCUT2D eigenvalue weighted by atomic mass is 32.0. The van der Waals surface area contributed by atoms with Crippen LogP contribution in [0.2, 0.25) is 0 Å². The van der Waals surface area contributed by atoms with Crippen LogP contribution < -0.4 is 45.9 Å². The van der Waals surface area contributed by atoms with Gasteiger partial charge in [0.1, 0.15) is 86.2 Å². The number of carbonyl (C=O) groups excluding carboxylic acids is 4. The van der Waals surface area contributed by atoms with Crippen LogP contribution in [0, 0.1) is 0 Å². The molecule has 0 aliphatic carbocycles. The molecule has 0 aromatic heterocycles. The van der Waals surface area contributed by atoms with Crippen molar-refractivity contribution in [3.8, 4) is 86.2 Å². The quantitative estimate of drug-likeness (QED) is 0.00561. The summed E-state index contributed by atoms with van der Waals surface area (Å²) in [5.41, 5.74) is 14.7. The van der Waals surface area contributed by atoms with E-state index in [1.807, 2.05) is 70.2 Å². The summed E-state index contributed by atoms with van der Waals surface area (Å²) in [6.45, 7) is 15.7. The summed E-state index contributed by atoms with van der Waals surface area (Å²) in [7, 11) is 36.4. The van der Waals surface area contributed by atoms with Gasteiger partial charge in [0.25, 0.3) is 0 Å². The molecule has 10 unspecified atom stereocenters. The van der Waals surface area contributed by atoms with Gasteiger partial charge in [-0.1, -0.05) is 126 Å². The second-order valence-electron chi connectivity index (χ2n) is 22.1. The van der Waals surface area contributed by atoms with Gasteiger partial charge in [0, 0.05) is 106 Å². The fourth-order valence-electron chi connectivity index (χ4n) is 7.89. The number of phenols is 5. The van der Waals surface area contributed by atoms with Crippen molar-refractivity contribution in [3.63, 3.8) is 0 Å². The van der Waals surface area contributed by atoms with Gasteiger partial charge in [-0.15, -0.1) is 0 Å². The molecule has 41 heteroatoms. The summed E-state index contributed by atoms with van der Waals surface area (Å²) in [4.78, 5) is 74.8. The Morgan fingerprint density at radius 1 is 0.350 bits per heavy atom. The Hall–Kier alpha value is -10.2. The van der Waals surface area contributed by atoms with Crippen LogP contribution in [-0.4, -0.2) is 126 Å². The molecular formula is C79H86B6O25P10. The lowest BCUT2D eigenvalue weighted by molar-refractivity contribution is -0.132. The van der Waals surface area contributed by atoms with Crippen LogP contribution in [0.3, 0.4) is 0 Å². The van der Waals surface area contributed by atoms with Crippen LogP contribution in [0.25, 0.3) is 30.4 Å². The molecule has 620 valence electrons. The highest BCUT2D eigenvalue weighted by molar-refractivity contribution is 8.00. The zero-order valence-corrected chi connectivity index (χ0v) is 74.4. The van der Waals surface area contributed by atoms with Crippen molar-refractivity contribution >= 4 is 206 Å². The van der Waals surface area contributed by atoms with E-state index in [4.69, 9.17) is 103 Å². The zero-order chi connectivity index (χ0) is 88.8. The number of aromatic hydroxyl groups is 5. The number of esters is 3. The second-order valence-corrected chi connectivity index (χ2v) is 26.5. The van der Waals surface area contributed by atoms with Crippen LogP contribution in [-0.2, 0) is 14.4 Å². The minimum Gasteiger partial charge on any atom is -0.508 e. The van der Waals surface area contributed by atoms with Gasteiger partial charge in [-0.05, 0) is 169 Å². The number of carboxylic acids is 3. The van der Waals surface area contributed by atoms with E-state index in [9.17, 15) is 43.8 Å². The maximum atomic E-state index is 11.1. The van der Waals surface area contributed by atoms with Gasteiger partial charge in [-0.25, -0.2) is 14.4 Å². The minimum atomic E-state index is -1.18. The second kappa shape index (κ2) is 63.8. The normalized spacial score (nSPS) is 9.59. The first-order chi connectivity index (χ1) is 56.0. The van der Waals surface area contributed by atoms with Crippen molar-refractivity contribution in [3.05, 3.63) is 275 Å². The first-order valence-corrected chi connectivity index (χ1v) is 42.8. The van der Waals surface area contributed by atoms with Crippen LogP contribution in [0.5, 0.6) is 86.2 Å². The topological polar surface area (TPSA) is 374 Å². The van der Waals surface area contributed by atoms with Gasteiger partial charge in [0.2, 0.25) is 0 Å². The number of benzene rings is 9. The number of rotatable bonds is 23. The van der Waals surface area contributed by atoms with E-state index < -0.39 is 30.7 Å². The standard InChI is InChI=1S/C16H17O4P3.C16H14O4.C10H10O2.C8H11O3P3.C7H9O4P3.C7H7O4P.C7H6O4.C6H4.2CH4.B6/c1-11(17)18-14-6-4-12(5-7-14)2-3-13-8-15(19-21)10-16(9-13)20-23-22;1-11(17)20-16-6-4-12(5-7-16)2-3-13-8-14(18)10-15(19)9-13;1-3-9-4-6-10(7-5-9)12-8(2)11;1-5(9)6-2-7(10-12)4-8(3-6)11-14-13;8-7(9)4-1-5(10-12)3-6(2-4)11-14-13;8-5-1-4(7(9)10)2-6(3-5)11-12;8-5-1-4(7(10)11)2-6(9)3-5;1-3-5-6-4-2;;;1-5(2)6(3)4/h2-10,23H,21-22H2,1H3;2-10,18-19H,1H3;3-7H,1H2,2H3;2-4,14H,12-13H2,1H3;1-3,14H,12-13H2,(H,8,9);1-3,8H,12H2,(H,9,10);1-3,8-9H,(H,10,11);1-2H2;2*1H4;/b2*3-2+;;;;;;;;;. The van der Waals surface area contributed by atoms with E-state index in [1.54, 1.807) is 97.1 Å². The Bertz CT molecular complexity index is 4860. The fraction of sp³-hybridized carbons (Fsp3) is 0.0759. The predicted molar refractivity (Wildman–Crippen MR) is 510 cm³/mol. The van der Waals surface area contributed by atoms with Gasteiger partial charge in [0.05, 0.1) is 80.0 Å². The third kappa shape index (κ3) is 50.7. The van der Waals surface area contributed by atoms with E-state index in [0.29, 0.717) is 57.1 Å². The molecular weight excluding hydrogens is 1720 g/mol. The van der Waals surface area contributed by atoms with Gasteiger partial charge in [0.15, 0.2) is 5.78 Å². The monoisotopic (exact) mass is 1810 g/mol. The number of phenolic OH excluding ortho intramolecular Hbond substituents is 5. The average molecular weight is 1810 g/mol. The van der Waals surface area contributed by atoms with Gasteiger partial charge in [-0.2, -0.15) is 0 Å². The van der Waals surface area contributed by atoms with Crippen LogP contribution in [0.15, 0.2) is 225 Å². The molecule has 120 heavy (non-hydrogen) atoms. The highest BCUT2D eigenvalue weighted by Gasteiger charge is 2.12. The van der Waals surface area contributed by atoms with Crippen molar-refractivity contribution in [1.29, 1.82) is 0 Å². The minimum absolute atomic E-state index is 0. The number of hydrogen-bond donors (Lipinski definition) is 8. The molecule has 0 heterocycles. The van der Waals surface area contributed by atoms with E-state index in [2.05, 4.69) is 102 Å². The Labute approximate surface area is 725 Å². The van der Waals surface area contributed by atoms with E-state index in [-0.39, 0.29) is 115 Å². The molecule has 9 rings (SSSR count). The van der Waals surface area contributed by atoms with Crippen molar-refractivity contribution in [2.24, 2.45) is 0 Å². The number of carbonyl (C=O) groups is 7. The maximum Gasteiger partial charge on any atom is 0.335 e. The maximum absolute atomic E-state index is 11.1. The van der Waals surface area contributed by atoms with Crippen LogP contribution in [0.1, 0.15) is 112 Å². The highest BCUT2D eigenvalue weighted by Crippen LogP contribution is 2.35. The van der Waals surface area contributed by atoms with Crippen LogP contribution in [0.4, 0.5) is 0 Å². The molecule has 0 saturated heterocycles. The number of ketones is 1. The third-order valence-electron chi connectivity index (χ3n) is 12.9. The molecule has 0 amide bonds. The number of Topliss-reactive ketones (excluding diaryl/α,β-unsaturated/α-hetero) is 1. The Morgan fingerprint density at radius 3 is 0.900 bits per heavy atom. The molecule has 8 N–H and O–H groups in total. The molecule has 9 aromatic rings.